The van der Waals surface area contributed by atoms with Gasteiger partial charge in [-0.3, -0.25) is 0 Å². The molecule has 19 heteroatoms. The maximum absolute atomic E-state index is 14.3. The topological polar surface area (TPSA) is 167 Å². The number of sulfonamides is 1. The highest BCUT2D eigenvalue weighted by Gasteiger charge is 2.84. The van der Waals surface area contributed by atoms with Gasteiger partial charge in [-0.15, -0.1) is 0 Å². The molecule has 0 aromatic rings. The summed E-state index contributed by atoms with van der Waals surface area (Å²) in [6.45, 7) is 2.49. The molecule has 0 radical (unpaired) electrons. The standard InChI is InChI=1S/C13H18F6N2O8S3/c1-5-21(9(22)23)32(28,29)13(18,19)11(14,15)12(16,17)31(26,27)8(6-20)30(24,25)7-10(2,3)4/h8H,5,7H2,1-4H3,(H,22,23). The van der Waals surface area contributed by atoms with Crippen molar-refractivity contribution in [3.63, 3.8) is 0 Å². The number of carboxylic acid groups (broad SMARTS) is 1. The summed E-state index contributed by atoms with van der Waals surface area (Å²) in [6, 6.07) is 0.338. The Labute approximate surface area is 179 Å². The smallest absolute Gasteiger partial charge is 0.433 e. The van der Waals surface area contributed by atoms with Gasteiger partial charge in [0.1, 0.15) is 0 Å². The van der Waals surface area contributed by atoms with Gasteiger partial charge in [0.2, 0.25) is 0 Å². The van der Waals surface area contributed by atoms with Gasteiger partial charge in [0.25, 0.3) is 14.4 Å². The first-order chi connectivity index (χ1) is 13.8. The van der Waals surface area contributed by atoms with Crippen LogP contribution in [0.25, 0.3) is 0 Å². The summed E-state index contributed by atoms with van der Waals surface area (Å²) in [4.78, 5) is 10.8. The highest BCUT2D eigenvalue weighted by atomic mass is 32.3. The Hall–Kier alpha value is -1.81. The molecule has 0 rings (SSSR count). The molecule has 0 saturated carbocycles. The largest absolute Gasteiger partial charge is 0.464 e. The van der Waals surface area contributed by atoms with Crippen molar-refractivity contribution in [2.45, 2.75) is 48.7 Å². The predicted octanol–water partition coefficient (Wildman–Crippen LogP) is 1.86. The second-order valence-corrected chi connectivity index (χ2v) is 13.8. The molecule has 0 aliphatic carbocycles. The molecule has 1 amide bonds. The SMILES string of the molecule is CCN(C(=O)O)S(=O)(=O)C(F)(F)C(F)(F)C(F)(F)S(=O)(=O)C(C#N)S(=O)(=O)CC(C)(C)C. The summed E-state index contributed by atoms with van der Waals surface area (Å²) in [7, 11) is -20.1. The van der Waals surface area contributed by atoms with E-state index in [2.05, 4.69) is 0 Å². The molecule has 0 aromatic carbocycles. The van der Waals surface area contributed by atoms with E-state index in [1.807, 2.05) is 0 Å². The fourth-order valence-electron chi connectivity index (χ4n) is 2.21. The Kier molecular flexibility index (Phi) is 8.03. The van der Waals surface area contributed by atoms with Gasteiger partial charge in [-0.2, -0.15) is 44.3 Å². The van der Waals surface area contributed by atoms with Crippen LogP contribution in [0.4, 0.5) is 31.1 Å². The van der Waals surface area contributed by atoms with Crippen LogP contribution < -0.4 is 0 Å². The lowest BCUT2D eigenvalue weighted by atomic mass is 10.0. The number of nitriles is 1. The van der Waals surface area contributed by atoms with Crippen LogP contribution in [0.1, 0.15) is 27.7 Å². The normalized spacial score (nSPS) is 15.7. The summed E-state index contributed by atoms with van der Waals surface area (Å²) in [5, 5.41) is 3.17. The molecule has 0 aliphatic rings. The minimum absolute atomic E-state index is 0.338. The van der Waals surface area contributed by atoms with Gasteiger partial charge in [0.15, 0.2) is 9.84 Å². The van der Waals surface area contributed by atoms with Crippen molar-refractivity contribution in [3.8, 4) is 6.07 Å². The van der Waals surface area contributed by atoms with Crippen molar-refractivity contribution in [3.05, 3.63) is 0 Å². The molecule has 0 aromatic heterocycles. The summed E-state index contributed by atoms with van der Waals surface area (Å²) >= 11 is 0. The fourth-order valence-corrected chi connectivity index (χ4v) is 8.07. The Bertz CT molecular complexity index is 1110. The number of alkyl halides is 6. The quantitative estimate of drug-likeness (QED) is 0.429. The zero-order valence-corrected chi connectivity index (χ0v) is 19.1. The van der Waals surface area contributed by atoms with Crippen molar-refractivity contribution >= 4 is 35.8 Å². The van der Waals surface area contributed by atoms with E-state index in [4.69, 9.17) is 10.4 Å². The number of hydrogen-bond donors (Lipinski definition) is 1. The maximum Gasteiger partial charge on any atom is 0.433 e. The van der Waals surface area contributed by atoms with Gasteiger partial charge in [-0.25, -0.2) is 21.6 Å². The van der Waals surface area contributed by atoms with Crippen molar-refractivity contribution in [1.29, 1.82) is 5.26 Å². The molecule has 0 fully saturated rings. The van der Waals surface area contributed by atoms with E-state index in [1.165, 1.54) is 0 Å². The number of nitrogens with zero attached hydrogens (tertiary/aromatic N) is 2. The number of carbonyl (C=O) groups is 1. The van der Waals surface area contributed by atoms with Gasteiger partial charge < -0.3 is 5.11 Å². The second-order valence-electron chi connectivity index (χ2n) is 7.43. The summed E-state index contributed by atoms with van der Waals surface area (Å²) in [5.74, 6) is -8.75. The Morgan fingerprint density at radius 2 is 1.38 bits per heavy atom. The van der Waals surface area contributed by atoms with Crippen LogP contribution in [0.15, 0.2) is 0 Å². The van der Waals surface area contributed by atoms with Crippen LogP contribution >= 0.6 is 0 Å². The number of halogens is 6. The first kappa shape index (κ1) is 30.2. The molecule has 0 heterocycles. The lowest BCUT2D eigenvalue weighted by Crippen LogP contribution is -2.65. The molecule has 0 saturated heterocycles. The molecular weight excluding hydrogens is 522 g/mol. The van der Waals surface area contributed by atoms with Crippen molar-refractivity contribution in [1.82, 2.24) is 4.31 Å². The van der Waals surface area contributed by atoms with Gasteiger partial charge in [-0.05, 0) is 12.3 Å². The lowest BCUT2D eigenvalue weighted by molar-refractivity contribution is -0.244. The van der Waals surface area contributed by atoms with Gasteiger partial charge in [-0.1, -0.05) is 20.8 Å². The van der Waals surface area contributed by atoms with Crippen LogP contribution in [0.5, 0.6) is 0 Å². The minimum atomic E-state index is -7.41. The van der Waals surface area contributed by atoms with Crippen LogP contribution in [0, 0.1) is 16.7 Å². The highest BCUT2D eigenvalue weighted by Crippen LogP contribution is 2.52. The van der Waals surface area contributed by atoms with Crippen LogP contribution in [0.3, 0.4) is 0 Å². The maximum atomic E-state index is 14.3. The Morgan fingerprint density at radius 3 is 1.66 bits per heavy atom. The fraction of sp³-hybridized carbons (Fsp3) is 0.846. The second kappa shape index (κ2) is 8.52. The van der Waals surface area contributed by atoms with Crippen molar-refractivity contribution in [2.24, 2.45) is 5.41 Å². The number of rotatable bonds is 9. The van der Waals surface area contributed by atoms with Crippen LogP contribution in [0.2, 0.25) is 0 Å². The molecule has 1 atom stereocenters. The highest BCUT2D eigenvalue weighted by molar-refractivity contribution is 8.10. The number of sulfone groups is 2. The van der Waals surface area contributed by atoms with Gasteiger partial charge in [0.05, 0.1) is 11.8 Å². The molecule has 0 spiro atoms. The third-order valence-corrected chi connectivity index (χ3v) is 10.8. The van der Waals surface area contributed by atoms with E-state index in [1.54, 1.807) is 0 Å². The summed E-state index contributed by atoms with van der Waals surface area (Å²) in [5.41, 5.74) is -1.41. The van der Waals surface area contributed by atoms with Crippen LogP contribution in [-0.4, -0.2) is 74.1 Å². The van der Waals surface area contributed by atoms with E-state index in [0.717, 1.165) is 20.8 Å². The third-order valence-electron chi connectivity index (χ3n) is 3.55. The number of amides is 1. The zero-order chi connectivity index (χ0) is 26.4. The van der Waals surface area contributed by atoms with E-state index in [-0.39, 0.29) is 0 Å². The average molecular weight is 540 g/mol. The summed E-state index contributed by atoms with van der Waals surface area (Å²) < 4.78 is 151. The minimum Gasteiger partial charge on any atom is -0.464 e. The van der Waals surface area contributed by atoms with Crippen molar-refractivity contribution in [2.75, 3.05) is 12.3 Å². The third kappa shape index (κ3) is 4.76. The van der Waals surface area contributed by atoms with E-state index in [9.17, 15) is 56.4 Å². The van der Waals surface area contributed by atoms with E-state index >= 15 is 0 Å². The molecule has 1 unspecified atom stereocenters. The zero-order valence-electron chi connectivity index (χ0n) is 16.7. The molecular formula is C13H18F6N2O8S3. The van der Waals surface area contributed by atoms with Gasteiger partial charge in [0, 0.05) is 6.54 Å². The Morgan fingerprint density at radius 1 is 0.969 bits per heavy atom. The number of hydrogen-bond acceptors (Lipinski definition) is 8. The van der Waals surface area contributed by atoms with Crippen molar-refractivity contribution < 1.29 is 61.5 Å². The van der Waals surface area contributed by atoms with Crippen LogP contribution in [-0.2, 0) is 29.7 Å². The summed E-state index contributed by atoms with van der Waals surface area (Å²) in [6.07, 6.45) is -2.78. The Balaban J connectivity index is 6.94. The van der Waals surface area contributed by atoms with E-state index in [0.29, 0.717) is 13.0 Å². The molecule has 10 nitrogen and oxygen atoms in total. The molecule has 188 valence electrons. The first-order valence-electron chi connectivity index (χ1n) is 8.03. The molecule has 32 heavy (non-hydrogen) atoms. The molecule has 0 bridgehead atoms. The first-order valence-corrected chi connectivity index (χ1v) is 12.7. The lowest BCUT2D eigenvalue weighted by Gasteiger charge is -2.34. The average Bonchev–Trinajstić information content (AvgIpc) is 2.51. The predicted molar refractivity (Wildman–Crippen MR) is 95.7 cm³/mol. The van der Waals surface area contributed by atoms with Gasteiger partial charge >= 0.3 is 32.5 Å². The molecule has 1 N–H and O–H groups in total. The molecule has 0 aliphatic heterocycles. The monoisotopic (exact) mass is 540 g/mol. The van der Waals surface area contributed by atoms with E-state index < -0.39 is 78.8 Å².